The van der Waals surface area contributed by atoms with Crippen LogP contribution in [0.2, 0.25) is 0 Å². The summed E-state index contributed by atoms with van der Waals surface area (Å²) in [6.07, 6.45) is 1.62. The van der Waals surface area contributed by atoms with E-state index in [1.54, 1.807) is 37.4 Å². The summed E-state index contributed by atoms with van der Waals surface area (Å²) < 4.78 is 39.0. The zero-order valence-electron chi connectivity index (χ0n) is 16.6. The molecule has 0 aliphatic carbocycles. The molecule has 30 heavy (non-hydrogen) atoms. The van der Waals surface area contributed by atoms with Gasteiger partial charge in [0.15, 0.2) is 5.16 Å². The standard InChI is InChI=1S/C20H21FN4O3S2/c1-13-4-9-16(10-18(13)30(27,28)25(2)3)23-19(26)12-29-20-22-11-17(24-20)14-5-7-15(21)8-6-14/h4-11H,12H2,1-3H3,(H,22,24)(H,23,26). The van der Waals surface area contributed by atoms with Gasteiger partial charge < -0.3 is 10.3 Å². The van der Waals surface area contributed by atoms with Gasteiger partial charge in [0.1, 0.15) is 5.82 Å². The monoisotopic (exact) mass is 448 g/mol. The first-order valence-corrected chi connectivity index (χ1v) is 11.4. The van der Waals surface area contributed by atoms with Crippen molar-refractivity contribution >= 4 is 33.4 Å². The number of imidazole rings is 1. The van der Waals surface area contributed by atoms with E-state index >= 15 is 0 Å². The van der Waals surface area contributed by atoms with Crippen molar-refractivity contribution in [2.75, 3.05) is 25.2 Å². The van der Waals surface area contributed by atoms with Crippen LogP contribution in [0.1, 0.15) is 5.56 Å². The molecular weight excluding hydrogens is 427 g/mol. The maximum absolute atomic E-state index is 13.0. The molecule has 1 amide bonds. The number of carbonyl (C=O) groups is 1. The molecule has 0 unspecified atom stereocenters. The normalized spacial score (nSPS) is 11.6. The van der Waals surface area contributed by atoms with Crippen molar-refractivity contribution in [1.82, 2.24) is 14.3 Å². The summed E-state index contributed by atoms with van der Waals surface area (Å²) in [6, 6.07) is 10.8. The number of anilines is 1. The highest BCUT2D eigenvalue weighted by Crippen LogP contribution is 2.24. The fraction of sp³-hybridized carbons (Fsp3) is 0.200. The van der Waals surface area contributed by atoms with E-state index in [9.17, 15) is 17.6 Å². The molecule has 0 atom stereocenters. The lowest BCUT2D eigenvalue weighted by atomic mass is 10.2. The van der Waals surface area contributed by atoms with Gasteiger partial charge in [-0.05, 0) is 54.4 Å². The largest absolute Gasteiger partial charge is 0.333 e. The van der Waals surface area contributed by atoms with Crippen LogP contribution in [0.4, 0.5) is 10.1 Å². The van der Waals surface area contributed by atoms with Crippen LogP contribution in [0.5, 0.6) is 0 Å². The summed E-state index contributed by atoms with van der Waals surface area (Å²) in [4.78, 5) is 19.8. The molecule has 158 valence electrons. The molecule has 1 heterocycles. The number of hydrogen-bond donors (Lipinski definition) is 2. The van der Waals surface area contributed by atoms with E-state index in [1.165, 1.54) is 44.1 Å². The molecule has 2 N–H and O–H groups in total. The minimum absolute atomic E-state index is 0.0833. The van der Waals surface area contributed by atoms with Crippen LogP contribution >= 0.6 is 11.8 Å². The molecular formula is C20H21FN4O3S2. The summed E-state index contributed by atoms with van der Waals surface area (Å²) >= 11 is 1.20. The van der Waals surface area contributed by atoms with E-state index in [0.717, 1.165) is 15.6 Å². The zero-order valence-corrected chi connectivity index (χ0v) is 18.3. The molecule has 0 aliphatic rings. The van der Waals surface area contributed by atoms with Crippen molar-refractivity contribution in [3.63, 3.8) is 0 Å². The number of nitrogens with one attached hydrogen (secondary N) is 2. The summed E-state index contributed by atoms with van der Waals surface area (Å²) in [6.45, 7) is 1.70. The number of amides is 1. The van der Waals surface area contributed by atoms with Crippen LogP contribution in [0.15, 0.2) is 58.7 Å². The lowest BCUT2D eigenvalue weighted by molar-refractivity contribution is -0.113. The van der Waals surface area contributed by atoms with Gasteiger partial charge in [-0.1, -0.05) is 17.8 Å². The highest BCUT2D eigenvalue weighted by molar-refractivity contribution is 7.99. The van der Waals surface area contributed by atoms with Crippen LogP contribution in [-0.2, 0) is 14.8 Å². The Hall–Kier alpha value is -2.69. The van der Waals surface area contributed by atoms with Crippen LogP contribution in [-0.4, -0.2) is 48.4 Å². The van der Waals surface area contributed by atoms with Crippen molar-refractivity contribution < 1.29 is 17.6 Å². The van der Waals surface area contributed by atoms with Crippen molar-refractivity contribution in [2.45, 2.75) is 17.0 Å². The maximum atomic E-state index is 13.0. The smallest absolute Gasteiger partial charge is 0.242 e. The molecule has 3 rings (SSSR count). The summed E-state index contributed by atoms with van der Waals surface area (Å²) in [5.41, 5.74) is 2.50. The quantitative estimate of drug-likeness (QED) is 0.540. The second-order valence-electron chi connectivity index (χ2n) is 6.71. The first-order valence-electron chi connectivity index (χ1n) is 8.93. The molecule has 0 saturated heterocycles. The van der Waals surface area contributed by atoms with Crippen LogP contribution in [0, 0.1) is 12.7 Å². The number of carbonyl (C=O) groups excluding carboxylic acids is 1. The number of thioether (sulfide) groups is 1. The number of nitrogens with zero attached hydrogens (tertiary/aromatic N) is 2. The molecule has 0 radical (unpaired) electrons. The van der Waals surface area contributed by atoms with E-state index in [0.29, 0.717) is 16.4 Å². The Bertz CT molecular complexity index is 1160. The lowest BCUT2D eigenvalue weighted by Crippen LogP contribution is -2.23. The molecule has 2 aromatic carbocycles. The molecule has 3 aromatic rings. The van der Waals surface area contributed by atoms with Gasteiger partial charge in [-0.25, -0.2) is 22.1 Å². The van der Waals surface area contributed by atoms with Crippen molar-refractivity contribution in [1.29, 1.82) is 0 Å². The van der Waals surface area contributed by atoms with Gasteiger partial charge in [-0.2, -0.15) is 0 Å². The minimum Gasteiger partial charge on any atom is -0.333 e. The average molecular weight is 449 g/mol. The van der Waals surface area contributed by atoms with Gasteiger partial charge in [0.25, 0.3) is 0 Å². The highest BCUT2D eigenvalue weighted by Gasteiger charge is 2.20. The predicted molar refractivity (Wildman–Crippen MR) is 115 cm³/mol. The third-order valence-electron chi connectivity index (χ3n) is 4.28. The second-order valence-corrected chi connectivity index (χ2v) is 9.80. The first kappa shape index (κ1) is 22.0. The number of benzene rings is 2. The Morgan fingerprint density at radius 3 is 2.57 bits per heavy atom. The number of sulfonamides is 1. The average Bonchev–Trinajstić information content (AvgIpc) is 3.17. The van der Waals surface area contributed by atoms with Gasteiger partial charge >= 0.3 is 0 Å². The number of hydrogen-bond acceptors (Lipinski definition) is 5. The number of rotatable bonds is 7. The highest BCUT2D eigenvalue weighted by atomic mass is 32.2. The number of halogens is 1. The third-order valence-corrected chi connectivity index (χ3v) is 7.12. The lowest BCUT2D eigenvalue weighted by Gasteiger charge is -2.15. The van der Waals surface area contributed by atoms with Crippen LogP contribution in [0.25, 0.3) is 11.3 Å². The number of aryl methyl sites for hydroxylation is 1. The summed E-state index contributed by atoms with van der Waals surface area (Å²) in [7, 11) is -0.692. The number of H-pyrrole nitrogens is 1. The predicted octanol–water partition coefficient (Wildman–Crippen LogP) is 3.51. The molecule has 0 aliphatic heterocycles. The Kier molecular flexibility index (Phi) is 6.59. The Morgan fingerprint density at radius 1 is 1.20 bits per heavy atom. The number of aromatic amines is 1. The van der Waals surface area contributed by atoms with Crippen molar-refractivity contribution in [2.24, 2.45) is 0 Å². The van der Waals surface area contributed by atoms with Crippen LogP contribution < -0.4 is 5.32 Å². The Balaban J connectivity index is 1.64. The van der Waals surface area contributed by atoms with E-state index < -0.39 is 10.0 Å². The van der Waals surface area contributed by atoms with Crippen molar-refractivity contribution in [3.05, 3.63) is 60.0 Å². The van der Waals surface area contributed by atoms with E-state index in [-0.39, 0.29) is 22.4 Å². The second kappa shape index (κ2) is 8.99. The van der Waals surface area contributed by atoms with E-state index in [2.05, 4.69) is 15.3 Å². The van der Waals surface area contributed by atoms with Gasteiger partial charge in [-0.3, -0.25) is 4.79 Å². The molecule has 0 saturated carbocycles. The molecule has 10 heteroatoms. The molecule has 0 bridgehead atoms. The Labute approximate surface area is 178 Å². The van der Waals surface area contributed by atoms with E-state index in [4.69, 9.17) is 0 Å². The molecule has 0 spiro atoms. The zero-order chi connectivity index (χ0) is 21.9. The van der Waals surface area contributed by atoms with Crippen LogP contribution in [0.3, 0.4) is 0 Å². The SMILES string of the molecule is Cc1ccc(NC(=O)CSc2ncc(-c3ccc(F)cc3)[nH]2)cc1S(=O)(=O)N(C)C. The topological polar surface area (TPSA) is 95.2 Å². The van der Waals surface area contributed by atoms with Gasteiger partial charge in [-0.15, -0.1) is 0 Å². The summed E-state index contributed by atoms with van der Waals surface area (Å²) in [5.74, 6) is -0.529. The molecule has 0 fully saturated rings. The maximum Gasteiger partial charge on any atom is 0.242 e. The van der Waals surface area contributed by atoms with E-state index in [1.807, 2.05) is 0 Å². The summed E-state index contributed by atoms with van der Waals surface area (Å²) in [5, 5.41) is 3.26. The van der Waals surface area contributed by atoms with Crippen molar-refractivity contribution in [3.8, 4) is 11.3 Å². The fourth-order valence-electron chi connectivity index (χ4n) is 2.64. The first-order chi connectivity index (χ1) is 14.2. The third kappa shape index (κ3) is 5.07. The Morgan fingerprint density at radius 2 is 1.90 bits per heavy atom. The number of aromatic nitrogens is 2. The van der Waals surface area contributed by atoms with Gasteiger partial charge in [0, 0.05) is 19.8 Å². The van der Waals surface area contributed by atoms with Gasteiger partial charge in [0.05, 0.1) is 22.5 Å². The van der Waals surface area contributed by atoms with Gasteiger partial charge in [0.2, 0.25) is 15.9 Å². The molecule has 7 nitrogen and oxygen atoms in total. The fourth-order valence-corrected chi connectivity index (χ4v) is 4.43. The molecule has 1 aromatic heterocycles. The minimum atomic E-state index is -3.61.